The Morgan fingerprint density at radius 1 is 1.19 bits per heavy atom. The van der Waals surface area contributed by atoms with E-state index in [1.165, 1.54) is 4.57 Å². The monoisotopic (exact) mass is 503 g/mol. The van der Waals surface area contributed by atoms with Crippen molar-refractivity contribution in [1.82, 2.24) is 14.5 Å². The van der Waals surface area contributed by atoms with Crippen LogP contribution in [0.1, 0.15) is 17.0 Å². The summed E-state index contributed by atoms with van der Waals surface area (Å²) in [5, 5.41) is -0.144. The van der Waals surface area contributed by atoms with Crippen molar-refractivity contribution in [3.05, 3.63) is 78.3 Å². The summed E-state index contributed by atoms with van der Waals surface area (Å²) in [5.74, 6) is -1.52. The lowest BCUT2D eigenvalue weighted by Gasteiger charge is -2.16. The van der Waals surface area contributed by atoms with Gasteiger partial charge in [0.2, 0.25) is 0 Å². The van der Waals surface area contributed by atoms with Gasteiger partial charge < -0.3 is 4.74 Å². The van der Waals surface area contributed by atoms with E-state index < -0.39 is 17.2 Å². The molecule has 0 spiro atoms. The van der Waals surface area contributed by atoms with Gasteiger partial charge in [0.15, 0.2) is 5.82 Å². The first-order chi connectivity index (χ1) is 12.8. The fourth-order valence-corrected chi connectivity index (χ4v) is 3.14. The number of nitrogens with zero attached hydrogens (tertiary/aromatic N) is 3. The summed E-state index contributed by atoms with van der Waals surface area (Å²) in [6.07, 6.45) is 2.56. The number of ether oxygens (including phenoxy) is 1. The van der Waals surface area contributed by atoms with Crippen LogP contribution in [0.15, 0.2) is 35.4 Å². The minimum Gasteiger partial charge on any atom is -0.485 e. The molecule has 0 saturated heterocycles. The van der Waals surface area contributed by atoms with Gasteiger partial charge in [0.1, 0.15) is 32.6 Å². The summed E-state index contributed by atoms with van der Waals surface area (Å²) in [4.78, 5) is 20.6. The van der Waals surface area contributed by atoms with Gasteiger partial charge in [0, 0.05) is 24.0 Å². The van der Waals surface area contributed by atoms with Crippen LogP contribution >= 0.6 is 34.2 Å². The highest BCUT2D eigenvalue weighted by Crippen LogP contribution is 2.25. The standard InChI is InChI=1S/C18H13ClF2IN3O2/c1-9-6-24-16(22)5-14(9)25-10(2)3-15(17(19)18(25)26)27-8-13-12(21)4-11(20)7-23-13/h3-7H,8H2,1-2H3. The fourth-order valence-electron chi connectivity index (χ4n) is 2.51. The molecule has 0 aliphatic rings. The lowest BCUT2D eigenvalue weighted by Crippen LogP contribution is -2.23. The van der Waals surface area contributed by atoms with Crippen LogP contribution in [0, 0.1) is 29.2 Å². The van der Waals surface area contributed by atoms with Crippen molar-refractivity contribution in [3.63, 3.8) is 0 Å². The molecule has 0 N–H and O–H groups in total. The van der Waals surface area contributed by atoms with Gasteiger partial charge in [-0.2, -0.15) is 0 Å². The van der Waals surface area contributed by atoms with Gasteiger partial charge in [-0.05, 0) is 48.1 Å². The molecule has 5 nitrogen and oxygen atoms in total. The predicted molar refractivity (Wildman–Crippen MR) is 106 cm³/mol. The number of aryl methyl sites for hydroxylation is 2. The Hall–Kier alpha value is -2.07. The normalized spacial score (nSPS) is 10.9. The fraction of sp³-hybridized carbons (Fsp3) is 0.167. The van der Waals surface area contributed by atoms with Gasteiger partial charge >= 0.3 is 0 Å². The summed E-state index contributed by atoms with van der Waals surface area (Å²) in [6, 6.07) is 4.07. The zero-order valence-corrected chi connectivity index (χ0v) is 17.2. The molecular weight excluding hydrogens is 491 g/mol. The zero-order valence-electron chi connectivity index (χ0n) is 14.3. The Kier molecular flexibility index (Phi) is 5.75. The third-order valence-corrected chi connectivity index (χ3v) is 4.77. The van der Waals surface area contributed by atoms with E-state index in [0.29, 0.717) is 17.4 Å². The molecule has 0 aliphatic carbocycles. The SMILES string of the molecule is Cc1cnc(I)cc1-n1c(C)cc(OCc2ncc(F)cc2F)c(Cl)c1=O. The Bertz CT molecular complexity index is 1090. The topological polar surface area (TPSA) is 57.0 Å². The van der Waals surface area contributed by atoms with Crippen LogP contribution in [0.5, 0.6) is 5.75 Å². The number of aromatic nitrogens is 3. The van der Waals surface area contributed by atoms with Crippen LogP contribution in [0.4, 0.5) is 8.78 Å². The molecule has 140 valence electrons. The van der Waals surface area contributed by atoms with Crippen LogP contribution in [0.25, 0.3) is 5.69 Å². The van der Waals surface area contributed by atoms with Crippen molar-refractivity contribution in [2.24, 2.45) is 0 Å². The number of hydrogen-bond donors (Lipinski definition) is 0. The van der Waals surface area contributed by atoms with Crippen molar-refractivity contribution < 1.29 is 13.5 Å². The summed E-state index contributed by atoms with van der Waals surface area (Å²) in [5.41, 5.74) is 1.50. The minimum absolute atomic E-state index is 0.0890. The number of rotatable bonds is 4. The average Bonchev–Trinajstić information content (AvgIpc) is 2.61. The van der Waals surface area contributed by atoms with Gasteiger partial charge in [0.05, 0.1) is 11.9 Å². The van der Waals surface area contributed by atoms with Gasteiger partial charge in [0.25, 0.3) is 5.56 Å². The highest BCUT2D eigenvalue weighted by molar-refractivity contribution is 14.1. The van der Waals surface area contributed by atoms with Crippen LogP contribution in [-0.4, -0.2) is 14.5 Å². The van der Waals surface area contributed by atoms with Gasteiger partial charge in [-0.3, -0.25) is 14.3 Å². The molecule has 0 bridgehead atoms. The molecule has 3 aromatic rings. The summed E-state index contributed by atoms with van der Waals surface area (Å²) >= 11 is 8.25. The molecule has 0 aromatic carbocycles. The van der Waals surface area contributed by atoms with E-state index >= 15 is 0 Å². The van der Waals surface area contributed by atoms with Crippen LogP contribution in [0.3, 0.4) is 0 Å². The van der Waals surface area contributed by atoms with E-state index in [2.05, 4.69) is 32.6 Å². The second-order valence-electron chi connectivity index (χ2n) is 5.77. The maximum atomic E-state index is 13.7. The largest absolute Gasteiger partial charge is 0.485 e. The first-order valence-electron chi connectivity index (χ1n) is 7.75. The summed E-state index contributed by atoms with van der Waals surface area (Å²) in [7, 11) is 0. The number of halogens is 4. The molecule has 0 saturated carbocycles. The highest BCUT2D eigenvalue weighted by atomic mass is 127. The third-order valence-electron chi connectivity index (χ3n) is 3.83. The highest BCUT2D eigenvalue weighted by Gasteiger charge is 2.16. The molecule has 27 heavy (non-hydrogen) atoms. The van der Waals surface area contributed by atoms with Crippen molar-refractivity contribution in [2.45, 2.75) is 20.5 Å². The van der Waals surface area contributed by atoms with E-state index in [1.807, 2.05) is 6.92 Å². The first-order valence-corrected chi connectivity index (χ1v) is 9.21. The molecule has 0 fully saturated rings. The zero-order chi connectivity index (χ0) is 19.7. The van der Waals surface area contributed by atoms with E-state index in [9.17, 15) is 13.6 Å². The van der Waals surface area contributed by atoms with E-state index in [-0.39, 0.29) is 23.1 Å². The van der Waals surface area contributed by atoms with Crippen LogP contribution in [-0.2, 0) is 6.61 Å². The molecule has 3 rings (SSSR count). The lowest BCUT2D eigenvalue weighted by atomic mass is 10.2. The smallest absolute Gasteiger partial charge is 0.277 e. The van der Waals surface area contributed by atoms with Crippen molar-refractivity contribution in [2.75, 3.05) is 0 Å². The summed E-state index contributed by atoms with van der Waals surface area (Å²) in [6.45, 7) is 3.28. The van der Waals surface area contributed by atoms with Crippen molar-refractivity contribution in [1.29, 1.82) is 0 Å². The Balaban J connectivity index is 1.98. The van der Waals surface area contributed by atoms with Crippen molar-refractivity contribution in [3.8, 4) is 11.4 Å². The maximum absolute atomic E-state index is 13.7. The van der Waals surface area contributed by atoms with Gasteiger partial charge in [-0.25, -0.2) is 13.8 Å². The molecular formula is C18H13ClF2IN3O2. The lowest BCUT2D eigenvalue weighted by molar-refractivity contribution is 0.292. The van der Waals surface area contributed by atoms with E-state index in [1.54, 1.807) is 25.3 Å². The van der Waals surface area contributed by atoms with Crippen molar-refractivity contribution >= 4 is 34.2 Å². The first kappa shape index (κ1) is 19.7. The van der Waals surface area contributed by atoms with E-state index in [4.69, 9.17) is 16.3 Å². The molecule has 0 radical (unpaired) electrons. The molecule has 0 atom stereocenters. The number of pyridine rings is 3. The van der Waals surface area contributed by atoms with Crippen LogP contribution in [0.2, 0.25) is 5.02 Å². The van der Waals surface area contributed by atoms with Crippen LogP contribution < -0.4 is 10.3 Å². The quantitative estimate of drug-likeness (QED) is 0.392. The van der Waals surface area contributed by atoms with E-state index in [0.717, 1.165) is 15.5 Å². The summed E-state index contributed by atoms with van der Waals surface area (Å²) < 4.78 is 34.3. The third kappa shape index (κ3) is 4.11. The number of hydrogen-bond acceptors (Lipinski definition) is 4. The second kappa shape index (κ2) is 7.89. The Morgan fingerprint density at radius 3 is 2.63 bits per heavy atom. The Labute approximate surface area is 172 Å². The minimum atomic E-state index is -0.835. The average molecular weight is 504 g/mol. The molecule has 9 heteroatoms. The molecule has 0 amide bonds. The maximum Gasteiger partial charge on any atom is 0.277 e. The van der Waals surface area contributed by atoms with Gasteiger partial charge in [-0.1, -0.05) is 11.6 Å². The van der Waals surface area contributed by atoms with Gasteiger partial charge in [-0.15, -0.1) is 0 Å². The molecule has 3 aromatic heterocycles. The predicted octanol–water partition coefficient (Wildman–Crippen LogP) is 4.36. The molecule has 0 unspecified atom stereocenters. The second-order valence-corrected chi connectivity index (χ2v) is 7.25. The molecule has 3 heterocycles. The Morgan fingerprint density at radius 2 is 1.93 bits per heavy atom. The molecule has 0 aliphatic heterocycles.